The number of benzene rings is 2. The smallest absolute Gasteiger partial charge is 0.251 e. The SMILES string of the molecule is O=C(N[C@H]1COc2cc(F)ccc21)c1cccc(NC2(C3NNC(c4ccncn4)N3)CCNCC2)c1. The molecule has 6 N–H and O–H groups in total. The molecule has 0 saturated carbocycles. The lowest BCUT2D eigenvalue weighted by atomic mass is 9.84. The summed E-state index contributed by atoms with van der Waals surface area (Å²) in [6.07, 6.45) is 4.78. The molecule has 2 unspecified atom stereocenters. The van der Waals surface area contributed by atoms with Gasteiger partial charge in [0.15, 0.2) is 0 Å². The maximum absolute atomic E-state index is 13.5. The number of aromatic nitrogens is 2. The van der Waals surface area contributed by atoms with Crippen LogP contribution in [0.15, 0.2) is 61.1 Å². The summed E-state index contributed by atoms with van der Waals surface area (Å²) in [5, 5.41) is 13.8. The van der Waals surface area contributed by atoms with Crippen molar-refractivity contribution in [1.82, 2.24) is 36.8 Å². The van der Waals surface area contributed by atoms with Gasteiger partial charge >= 0.3 is 0 Å². The lowest BCUT2D eigenvalue weighted by Gasteiger charge is -2.43. The molecular weight excluding hydrogens is 475 g/mol. The number of hydrogen-bond donors (Lipinski definition) is 6. The zero-order chi connectivity index (χ0) is 25.2. The Morgan fingerprint density at radius 1 is 1.11 bits per heavy atom. The van der Waals surface area contributed by atoms with Gasteiger partial charge in [0.05, 0.1) is 23.4 Å². The van der Waals surface area contributed by atoms with E-state index in [-0.39, 0.29) is 42.2 Å². The van der Waals surface area contributed by atoms with Gasteiger partial charge in [-0.25, -0.2) is 25.2 Å². The van der Waals surface area contributed by atoms with Gasteiger partial charge in [-0.2, -0.15) is 0 Å². The van der Waals surface area contributed by atoms with Gasteiger partial charge in [-0.15, -0.1) is 0 Å². The Bertz CT molecular complexity index is 1270. The first-order valence-electron chi connectivity index (χ1n) is 12.4. The second-order valence-corrected chi connectivity index (χ2v) is 9.59. The molecule has 192 valence electrons. The third-order valence-corrected chi connectivity index (χ3v) is 7.23. The molecule has 3 aliphatic rings. The number of fused-ring (bicyclic) bond motifs is 1. The number of ether oxygens (including phenoxy) is 1. The minimum atomic E-state index is -0.360. The van der Waals surface area contributed by atoms with E-state index in [2.05, 4.69) is 42.1 Å². The molecular formula is C26H29FN8O2. The molecule has 37 heavy (non-hydrogen) atoms. The predicted octanol–water partition coefficient (Wildman–Crippen LogP) is 1.74. The maximum atomic E-state index is 13.5. The van der Waals surface area contributed by atoms with Crippen LogP contribution in [0.5, 0.6) is 5.75 Å². The molecule has 0 spiro atoms. The van der Waals surface area contributed by atoms with E-state index < -0.39 is 0 Å². The first-order chi connectivity index (χ1) is 18.1. The molecule has 0 radical (unpaired) electrons. The van der Waals surface area contributed by atoms with E-state index in [4.69, 9.17) is 4.74 Å². The number of rotatable bonds is 6. The molecule has 0 aliphatic carbocycles. The Morgan fingerprint density at radius 3 is 2.84 bits per heavy atom. The maximum Gasteiger partial charge on any atom is 0.251 e. The number of hydrazine groups is 1. The van der Waals surface area contributed by atoms with Gasteiger partial charge in [-0.1, -0.05) is 12.1 Å². The van der Waals surface area contributed by atoms with Gasteiger partial charge < -0.3 is 20.7 Å². The predicted molar refractivity (Wildman–Crippen MR) is 135 cm³/mol. The Labute approximate surface area is 213 Å². The molecule has 3 aliphatic heterocycles. The second-order valence-electron chi connectivity index (χ2n) is 9.59. The van der Waals surface area contributed by atoms with E-state index in [1.54, 1.807) is 18.3 Å². The summed E-state index contributed by atoms with van der Waals surface area (Å²) in [7, 11) is 0. The van der Waals surface area contributed by atoms with Crippen LogP contribution < -0.4 is 36.9 Å². The summed E-state index contributed by atoms with van der Waals surface area (Å²) in [6, 6.07) is 13.4. The van der Waals surface area contributed by atoms with Crippen molar-refractivity contribution in [2.75, 3.05) is 25.0 Å². The van der Waals surface area contributed by atoms with Crippen LogP contribution in [-0.2, 0) is 0 Å². The largest absolute Gasteiger partial charge is 0.491 e. The van der Waals surface area contributed by atoms with Crippen LogP contribution >= 0.6 is 0 Å². The molecule has 11 heteroatoms. The van der Waals surface area contributed by atoms with Crippen molar-refractivity contribution in [3.8, 4) is 5.75 Å². The molecule has 2 fully saturated rings. The number of carbonyl (C=O) groups is 1. The van der Waals surface area contributed by atoms with E-state index in [9.17, 15) is 9.18 Å². The Hall–Kier alpha value is -3.64. The second kappa shape index (κ2) is 10.0. The summed E-state index contributed by atoms with van der Waals surface area (Å²) in [5.41, 5.74) is 9.42. The van der Waals surface area contributed by atoms with E-state index in [0.29, 0.717) is 11.3 Å². The van der Waals surface area contributed by atoms with Crippen molar-refractivity contribution in [1.29, 1.82) is 0 Å². The summed E-state index contributed by atoms with van der Waals surface area (Å²) in [4.78, 5) is 21.5. The average molecular weight is 505 g/mol. The molecule has 2 aromatic carbocycles. The van der Waals surface area contributed by atoms with Crippen LogP contribution in [0.1, 0.15) is 46.7 Å². The van der Waals surface area contributed by atoms with E-state index >= 15 is 0 Å². The molecule has 1 amide bonds. The molecule has 4 heterocycles. The Balaban J connectivity index is 1.17. The summed E-state index contributed by atoms with van der Waals surface area (Å²) >= 11 is 0. The monoisotopic (exact) mass is 504 g/mol. The number of amides is 1. The van der Waals surface area contributed by atoms with Crippen molar-refractivity contribution >= 4 is 11.6 Å². The van der Waals surface area contributed by atoms with Gasteiger partial charge in [0, 0.05) is 29.1 Å². The summed E-state index contributed by atoms with van der Waals surface area (Å²) < 4.78 is 19.1. The fourth-order valence-corrected chi connectivity index (χ4v) is 5.27. The van der Waals surface area contributed by atoms with Crippen molar-refractivity contribution in [3.05, 3.63) is 83.7 Å². The quantitative estimate of drug-likeness (QED) is 0.298. The number of anilines is 1. The van der Waals surface area contributed by atoms with Gasteiger partial charge in [-0.05, 0) is 56.3 Å². The highest BCUT2D eigenvalue weighted by atomic mass is 19.1. The van der Waals surface area contributed by atoms with Crippen molar-refractivity contribution < 1.29 is 13.9 Å². The third-order valence-electron chi connectivity index (χ3n) is 7.23. The fraction of sp³-hybridized carbons (Fsp3) is 0.346. The average Bonchev–Trinajstić information content (AvgIpc) is 3.58. The number of nitrogens with zero attached hydrogens (tertiary/aromatic N) is 2. The molecule has 10 nitrogen and oxygen atoms in total. The first-order valence-corrected chi connectivity index (χ1v) is 12.4. The highest BCUT2D eigenvalue weighted by Crippen LogP contribution is 2.33. The van der Waals surface area contributed by atoms with Crippen LogP contribution in [-0.4, -0.2) is 47.3 Å². The van der Waals surface area contributed by atoms with Gasteiger partial charge in [0.2, 0.25) is 0 Å². The molecule has 3 aromatic rings. The van der Waals surface area contributed by atoms with Crippen LogP contribution in [0.4, 0.5) is 10.1 Å². The number of carbonyl (C=O) groups excluding carboxylic acids is 1. The van der Waals surface area contributed by atoms with Crippen molar-refractivity contribution in [2.24, 2.45) is 0 Å². The molecule has 2 saturated heterocycles. The fourth-order valence-electron chi connectivity index (χ4n) is 5.27. The minimum absolute atomic E-state index is 0.0837. The van der Waals surface area contributed by atoms with Gasteiger partial charge in [0.25, 0.3) is 5.91 Å². The van der Waals surface area contributed by atoms with Crippen LogP contribution in [0.2, 0.25) is 0 Å². The summed E-state index contributed by atoms with van der Waals surface area (Å²) in [5.74, 6) is -0.100. The highest BCUT2D eigenvalue weighted by molar-refractivity contribution is 5.95. The van der Waals surface area contributed by atoms with E-state index in [0.717, 1.165) is 42.9 Å². The van der Waals surface area contributed by atoms with Crippen molar-refractivity contribution in [3.63, 3.8) is 0 Å². The molecule has 1 aromatic heterocycles. The van der Waals surface area contributed by atoms with Crippen LogP contribution in [0, 0.1) is 5.82 Å². The van der Waals surface area contributed by atoms with E-state index in [1.807, 2.05) is 24.3 Å². The zero-order valence-corrected chi connectivity index (χ0v) is 20.1. The highest BCUT2D eigenvalue weighted by Gasteiger charge is 2.44. The Kier molecular flexibility index (Phi) is 6.43. The standard InChI is InChI=1S/C26H29FN8O2/c27-17-4-5-19-21(14-37-22(19)13-17)31-24(36)16-2-1-3-18(12-16)33-26(7-10-28-11-8-26)25-32-23(34-35-25)20-6-9-29-15-30-20/h1-6,9,12-13,15,21,23,25,28,32-35H,7-8,10-11,14H2,(H,31,36)/t21-,23?,25?/m0/s1. The van der Waals surface area contributed by atoms with Gasteiger partial charge in [0.1, 0.15) is 30.7 Å². The third kappa shape index (κ3) is 4.86. The summed E-state index contributed by atoms with van der Waals surface area (Å²) in [6.45, 7) is 2.01. The number of halogens is 1. The number of nitrogens with one attached hydrogen (secondary N) is 6. The van der Waals surface area contributed by atoms with Crippen LogP contribution in [0.3, 0.4) is 0 Å². The first kappa shape index (κ1) is 23.7. The lowest BCUT2D eigenvalue weighted by molar-refractivity contribution is 0.0930. The Morgan fingerprint density at radius 2 is 2.00 bits per heavy atom. The van der Waals surface area contributed by atoms with Crippen LogP contribution in [0.25, 0.3) is 0 Å². The normalized spacial score (nSPS) is 24.2. The molecule has 3 atom stereocenters. The van der Waals surface area contributed by atoms with Crippen molar-refractivity contribution in [2.45, 2.75) is 36.8 Å². The number of hydrogen-bond acceptors (Lipinski definition) is 9. The molecule has 6 rings (SSSR count). The lowest BCUT2D eigenvalue weighted by Crippen LogP contribution is -2.63. The molecule has 0 bridgehead atoms. The topological polar surface area (TPSA) is 124 Å². The zero-order valence-electron chi connectivity index (χ0n) is 20.1. The minimum Gasteiger partial charge on any atom is -0.491 e. The van der Waals surface area contributed by atoms with Gasteiger partial charge in [-0.3, -0.25) is 10.1 Å². The van der Waals surface area contributed by atoms with E-state index in [1.165, 1.54) is 18.5 Å². The number of piperidine rings is 1.